The largest absolute Gasteiger partial charge is 0.350 e. The van der Waals surface area contributed by atoms with Crippen LogP contribution in [0.25, 0.3) is 0 Å². The number of allylic oxidation sites excluding steroid dienone is 1. The number of rotatable bonds is 17. The molecule has 0 saturated carbocycles. The highest BCUT2D eigenvalue weighted by molar-refractivity contribution is 4.96. The van der Waals surface area contributed by atoms with Crippen LogP contribution in [0.4, 0.5) is 0 Å². The molecule has 0 aromatic rings. The Hall–Kier alpha value is -0.340. The van der Waals surface area contributed by atoms with Gasteiger partial charge in [0.25, 0.3) is 0 Å². The molecule has 0 fully saturated rings. The molecule has 0 rings (SSSR count). The molecule has 144 valence electrons. The highest BCUT2D eigenvalue weighted by atomic mass is 16.7. The number of hydrogen-bond donors (Lipinski definition) is 0. The molecule has 0 bridgehead atoms. The quantitative estimate of drug-likeness (QED) is 0.157. The van der Waals surface area contributed by atoms with Gasteiger partial charge in [-0.2, -0.15) is 0 Å². The second kappa shape index (κ2) is 16.1. The van der Waals surface area contributed by atoms with Crippen LogP contribution in [0.3, 0.4) is 0 Å². The maximum absolute atomic E-state index is 6.16. The zero-order valence-electron chi connectivity index (χ0n) is 17.2. The summed E-state index contributed by atoms with van der Waals surface area (Å²) in [4.78, 5) is 0. The third-order valence-electron chi connectivity index (χ3n) is 4.80. The Labute approximate surface area is 152 Å². The molecular weight excluding hydrogens is 296 g/mol. The summed E-state index contributed by atoms with van der Waals surface area (Å²) in [5, 5.41) is 0. The predicted octanol–water partition coefficient (Wildman–Crippen LogP) is 7.28. The molecule has 0 aliphatic heterocycles. The molecule has 0 aliphatic carbocycles. The van der Waals surface area contributed by atoms with Crippen molar-refractivity contribution in [1.29, 1.82) is 0 Å². The van der Waals surface area contributed by atoms with Crippen molar-refractivity contribution in [3.63, 3.8) is 0 Å². The first-order valence-corrected chi connectivity index (χ1v) is 10.6. The highest BCUT2D eigenvalue weighted by Gasteiger charge is 2.37. The minimum Gasteiger partial charge on any atom is -0.350 e. The average Bonchev–Trinajstić information content (AvgIpc) is 2.59. The van der Waals surface area contributed by atoms with Crippen molar-refractivity contribution in [3.8, 4) is 0 Å². The van der Waals surface area contributed by atoms with Crippen molar-refractivity contribution >= 4 is 0 Å². The van der Waals surface area contributed by atoms with Gasteiger partial charge >= 0.3 is 0 Å². The minimum atomic E-state index is -0.435. The van der Waals surface area contributed by atoms with E-state index < -0.39 is 5.79 Å². The molecule has 0 aromatic heterocycles. The Morgan fingerprint density at radius 3 is 1.88 bits per heavy atom. The van der Waals surface area contributed by atoms with E-state index in [1.54, 1.807) is 0 Å². The van der Waals surface area contributed by atoms with E-state index in [0.29, 0.717) is 19.1 Å². The van der Waals surface area contributed by atoms with Crippen LogP contribution in [0.5, 0.6) is 0 Å². The second-order valence-electron chi connectivity index (χ2n) is 6.76. The van der Waals surface area contributed by atoms with Crippen LogP contribution in [-0.4, -0.2) is 19.0 Å². The van der Waals surface area contributed by atoms with Gasteiger partial charge in [-0.05, 0) is 33.1 Å². The zero-order valence-corrected chi connectivity index (χ0v) is 17.2. The Morgan fingerprint density at radius 1 is 0.750 bits per heavy atom. The van der Waals surface area contributed by atoms with Crippen LogP contribution in [0.2, 0.25) is 0 Å². The molecule has 0 N–H and O–H groups in total. The molecule has 1 atom stereocenters. The Balaban J connectivity index is 4.76. The smallest absolute Gasteiger partial charge is 0.174 e. The molecule has 0 aromatic carbocycles. The third-order valence-corrected chi connectivity index (χ3v) is 4.80. The summed E-state index contributed by atoms with van der Waals surface area (Å²) in [6, 6.07) is 0. The molecule has 2 heteroatoms. The lowest BCUT2D eigenvalue weighted by Crippen LogP contribution is -2.42. The topological polar surface area (TPSA) is 18.5 Å². The number of unbranched alkanes of at least 4 members (excludes halogenated alkanes) is 7. The molecular formula is C22H44O2. The molecule has 0 heterocycles. The summed E-state index contributed by atoms with van der Waals surface area (Å²) in [7, 11) is 0. The number of ether oxygens (including phenoxy) is 2. The number of hydrogen-bond acceptors (Lipinski definition) is 2. The summed E-state index contributed by atoms with van der Waals surface area (Å²) >= 11 is 0. The van der Waals surface area contributed by atoms with Crippen LogP contribution in [0.15, 0.2) is 12.2 Å². The van der Waals surface area contributed by atoms with Gasteiger partial charge < -0.3 is 9.47 Å². The summed E-state index contributed by atoms with van der Waals surface area (Å²) < 4.78 is 12.3. The van der Waals surface area contributed by atoms with Crippen LogP contribution in [0, 0.1) is 5.92 Å². The fourth-order valence-corrected chi connectivity index (χ4v) is 3.40. The SMILES string of the molecule is CCCCC=CC(CCCCCCCC)C(CC)(OCC)OCC. The molecule has 1 unspecified atom stereocenters. The van der Waals surface area contributed by atoms with E-state index >= 15 is 0 Å². The van der Waals surface area contributed by atoms with Gasteiger partial charge in [-0.3, -0.25) is 0 Å². The fourth-order valence-electron chi connectivity index (χ4n) is 3.40. The van der Waals surface area contributed by atoms with E-state index in [1.807, 2.05) is 0 Å². The van der Waals surface area contributed by atoms with Gasteiger partial charge in [0.2, 0.25) is 0 Å². The first-order chi connectivity index (χ1) is 11.7. The van der Waals surface area contributed by atoms with Crippen LogP contribution in [-0.2, 0) is 9.47 Å². The normalized spacial score (nSPS) is 13.7. The van der Waals surface area contributed by atoms with E-state index in [9.17, 15) is 0 Å². The van der Waals surface area contributed by atoms with Gasteiger partial charge in [0.1, 0.15) is 0 Å². The van der Waals surface area contributed by atoms with Crippen LogP contribution in [0.1, 0.15) is 105 Å². The second-order valence-corrected chi connectivity index (χ2v) is 6.76. The van der Waals surface area contributed by atoms with Crippen LogP contribution >= 0.6 is 0 Å². The standard InChI is InChI=1S/C22H44O2/c1-6-11-13-15-16-18-20-21(19-17-14-12-7-2)22(8-3,23-9-4)24-10-5/h17,19,21H,6-16,18,20H2,1-5H3. The van der Waals surface area contributed by atoms with Crippen molar-refractivity contribution in [2.24, 2.45) is 5.92 Å². The molecule has 2 nitrogen and oxygen atoms in total. The summed E-state index contributed by atoms with van der Waals surface area (Å²) in [5.41, 5.74) is 0. The van der Waals surface area contributed by atoms with E-state index in [2.05, 4.69) is 46.8 Å². The van der Waals surface area contributed by atoms with Gasteiger partial charge in [0, 0.05) is 19.1 Å². The van der Waals surface area contributed by atoms with Crippen molar-refractivity contribution in [2.45, 2.75) is 111 Å². The van der Waals surface area contributed by atoms with Gasteiger partial charge in [0.15, 0.2) is 5.79 Å². The average molecular weight is 341 g/mol. The molecule has 24 heavy (non-hydrogen) atoms. The van der Waals surface area contributed by atoms with E-state index in [0.717, 1.165) is 6.42 Å². The lowest BCUT2D eigenvalue weighted by molar-refractivity contribution is -0.257. The first kappa shape index (κ1) is 23.7. The van der Waals surface area contributed by atoms with Crippen LogP contribution < -0.4 is 0 Å². The zero-order chi connectivity index (χ0) is 18.1. The van der Waals surface area contributed by atoms with E-state index in [-0.39, 0.29) is 0 Å². The van der Waals surface area contributed by atoms with E-state index in [4.69, 9.17) is 9.47 Å². The van der Waals surface area contributed by atoms with Gasteiger partial charge in [-0.1, -0.05) is 84.3 Å². The van der Waals surface area contributed by atoms with Crippen molar-refractivity contribution in [2.75, 3.05) is 13.2 Å². The Bertz CT molecular complexity index is 280. The Kier molecular flexibility index (Phi) is 15.9. The lowest BCUT2D eigenvalue weighted by Gasteiger charge is -2.38. The maximum Gasteiger partial charge on any atom is 0.174 e. The van der Waals surface area contributed by atoms with Crippen molar-refractivity contribution in [3.05, 3.63) is 12.2 Å². The maximum atomic E-state index is 6.16. The molecule has 0 saturated heterocycles. The highest BCUT2D eigenvalue weighted by Crippen LogP contribution is 2.33. The molecule has 0 amide bonds. The third kappa shape index (κ3) is 9.84. The fraction of sp³-hybridized carbons (Fsp3) is 0.909. The summed E-state index contributed by atoms with van der Waals surface area (Å²) in [6.45, 7) is 12.3. The first-order valence-electron chi connectivity index (χ1n) is 10.6. The molecule has 0 spiro atoms. The Morgan fingerprint density at radius 2 is 1.33 bits per heavy atom. The monoisotopic (exact) mass is 340 g/mol. The lowest BCUT2D eigenvalue weighted by atomic mass is 9.89. The van der Waals surface area contributed by atoms with Gasteiger partial charge in [-0.15, -0.1) is 0 Å². The summed E-state index contributed by atoms with van der Waals surface area (Å²) in [5.74, 6) is -0.0687. The van der Waals surface area contributed by atoms with Crippen molar-refractivity contribution < 1.29 is 9.47 Å². The van der Waals surface area contributed by atoms with E-state index in [1.165, 1.54) is 64.2 Å². The molecule has 0 radical (unpaired) electrons. The van der Waals surface area contributed by atoms with Gasteiger partial charge in [-0.25, -0.2) is 0 Å². The van der Waals surface area contributed by atoms with Crippen molar-refractivity contribution in [1.82, 2.24) is 0 Å². The predicted molar refractivity (Wildman–Crippen MR) is 106 cm³/mol. The molecule has 0 aliphatic rings. The summed E-state index contributed by atoms with van der Waals surface area (Å²) in [6.07, 6.45) is 18.5. The minimum absolute atomic E-state index is 0.366. The van der Waals surface area contributed by atoms with Gasteiger partial charge in [0.05, 0.1) is 0 Å².